The Balaban J connectivity index is 0.0000118. The summed E-state index contributed by atoms with van der Waals surface area (Å²) in [6, 6.07) is 50.2. The number of benzene rings is 11. The van der Waals surface area contributed by atoms with E-state index >= 15 is 0 Å². The summed E-state index contributed by atoms with van der Waals surface area (Å²) in [6.07, 6.45) is -4.95. The van der Waals surface area contributed by atoms with E-state index in [0.29, 0.717) is 16.3 Å². The fraction of sp³-hybridized carbons (Fsp3) is 0.111. The minimum Gasteiger partial charge on any atom is -0.510 e. The molecule has 7 heteroatoms. The number of rotatable bonds is 12. The van der Waals surface area contributed by atoms with Gasteiger partial charge in [-0.05, 0) is 119 Å². The van der Waals surface area contributed by atoms with Crippen LogP contribution >= 0.6 is 0 Å². The number of aryl methyl sites for hydroxylation is 1. The predicted octanol–water partition coefficient (Wildman–Crippen LogP) is 16.6. The van der Waals surface area contributed by atoms with Crippen LogP contribution in [-0.4, -0.2) is 22.2 Å². The minimum atomic E-state index is -4.68. The Bertz CT molecular complexity index is 6340. The molecule has 0 saturated carbocycles. The zero-order chi connectivity index (χ0) is 86.3. The van der Waals surface area contributed by atoms with Crippen molar-refractivity contribution >= 4 is 61.7 Å². The maximum Gasteiger partial charge on any atom is 0.268 e. The summed E-state index contributed by atoms with van der Waals surface area (Å²) in [5.41, 5.74) is -15.2. The molecule has 0 bridgehead atoms. The number of hydrogen-bond donors (Lipinski definition) is 0. The van der Waals surface area contributed by atoms with Crippen LogP contribution in [0.3, 0.4) is 0 Å². The van der Waals surface area contributed by atoms with Gasteiger partial charge in [0.2, 0.25) is 0 Å². The second kappa shape index (κ2) is 22.7. The SMILES string of the molecule is [2H]c1c([2H])c([2H])c(-c2cnc(-n3c4[c-]c(Oc5[c-]c(-n6[c-][n+](-c7c(-c8c([2H])c([2H])c([2H])c([2H])c8[2H])cccc7-c7c([2H])c([2H])c8c(c7[2H])C(C([2H])([2H])[2H])(C([2H])([2H])[2H])C([2H])([2H])C([2H])([2H])C8(C([2H])([2H])[2H])C([2H])([2H])[2H])c7ccccc76)ccc5)ccc4c4cc([Si](c5ccccc5)(c5ccccc5)c5ccccc5)ccc43)cc2C([2H])([2H])[2H])c([2H])c1[2H].[Pt]. The van der Waals surface area contributed by atoms with Crippen molar-refractivity contribution in [3.63, 3.8) is 0 Å². The third-order valence-electron chi connectivity index (χ3n) is 15.7. The van der Waals surface area contributed by atoms with Gasteiger partial charge in [-0.25, -0.2) is 4.98 Å². The van der Waals surface area contributed by atoms with Crippen LogP contribution in [0.1, 0.15) is 101 Å². The molecule has 0 N–H and O–H groups in total. The van der Waals surface area contributed by atoms with Gasteiger partial charge in [0.05, 0.1) is 34.5 Å². The summed E-state index contributed by atoms with van der Waals surface area (Å²) in [7, 11) is -3.28. The van der Waals surface area contributed by atoms with Crippen LogP contribution in [-0.2, 0) is 31.9 Å². The van der Waals surface area contributed by atoms with E-state index in [4.69, 9.17) is 41.2 Å². The van der Waals surface area contributed by atoms with Gasteiger partial charge in [-0.1, -0.05) is 257 Å². The first kappa shape index (κ1) is 30.9. The van der Waals surface area contributed by atoms with E-state index in [9.17, 15) is 12.3 Å². The molecule has 0 fully saturated rings. The van der Waals surface area contributed by atoms with Gasteiger partial charge in [-0.2, -0.15) is 18.2 Å². The molecule has 0 saturated heterocycles. The van der Waals surface area contributed by atoms with Crippen LogP contribution in [0, 0.1) is 25.3 Å². The van der Waals surface area contributed by atoms with Gasteiger partial charge < -0.3 is 13.9 Å². The molecule has 0 radical (unpaired) electrons. The van der Waals surface area contributed by atoms with Crippen molar-refractivity contribution in [1.82, 2.24) is 14.1 Å². The number of fused-ring (bicyclic) bond motifs is 5. The molecule has 15 rings (SSSR count). The fourth-order valence-corrected chi connectivity index (χ4v) is 16.6. The quantitative estimate of drug-likeness (QED) is 0.0529. The summed E-state index contributed by atoms with van der Waals surface area (Å²) in [6.45, 7) is -20.5. The number of nitrogens with zero attached hydrogens (tertiary/aromatic N) is 4. The first-order valence-electron chi connectivity index (χ1n) is 43.5. The minimum absolute atomic E-state index is 0. The molecule has 1 aliphatic rings. The molecule has 3 aromatic heterocycles. The first-order valence-corrected chi connectivity index (χ1v) is 29.5. The second-order valence-electron chi connectivity index (χ2n) is 20.8. The Hall–Kier alpha value is -9.45. The molecule has 0 aliphatic heterocycles. The molecule has 430 valence electrons. The molecule has 1 aliphatic carbocycles. The van der Waals surface area contributed by atoms with Gasteiger partial charge in [0.1, 0.15) is 5.82 Å². The van der Waals surface area contributed by atoms with E-state index < -0.39 is 184 Å². The van der Waals surface area contributed by atoms with Crippen LogP contribution in [0.4, 0.5) is 0 Å². The van der Waals surface area contributed by atoms with Gasteiger partial charge in [0, 0.05) is 75.9 Å². The molecule has 0 amide bonds. The van der Waals surface area contributed by atoms with E-state index in [1.165, 1.54) is 39.5 Å². The van der Waals surface area contributed by atoms with Crippen LogP contribution < -0.4 is 30.1 Å². The molecule has 5 nitrogen and oxygen atoms in total. The molecular formula is C81H64N4OPtSi-2. The number of aromatic nitrogens is 4. The maximum absolute atomic E-state index is 10.3. The van der Waals surface area contributed by atoms with Crippen molar-refractivity contribution in [1.29, 1.82) is 0 Å². The van der Waals surface area contributed by atoms with E-state index in [1.807, 2.05) is 66.7 Å². The Morgan fingerprint density at radius 3 is 1.83 bits per heavy atom. The van der Waals surface area contributed by atoms with Crippen molar-refractivity contribution in [3.05, 3.63) is 308 Å². The molecular weight excluding hydrogens is 1270 g/mol. The van der Waals surface area contributed by atoms with E-state index in [0.717, 1.165) is 33.0 Å². The molecule has 88 heavy (non-hydrogen) atoms. The molecule has 0 atom stereocenters. The number of hydrogen-bond acceptors (Lipinski definition) is 2. The van der Waals surface area contributed by atoms with E-state index in [-0.39, 0.29) is 77.3 Å². The molecule has 0 unspecified atom stereocenters. The fourth-order valence-electron chi connectivity index (χ4n) is 11.8. The Kier molecular flexibility index (Phi) is 7.97. The van der Waals surface area contributed by atoms with Crippen molar-refractivity contribution in [2.24, 2.45) is 0 Å². The third kappa shape index (κ3) is 9.67. The predicted molar refractivity (Wildman–Crippen MR) is 360 cm³/mol. The van der Waals surface area contributed by atoms with Gasteiger partial charge in [0.15, 0.2) is 8.07 Å². The summed E-state index contributed by atoms with van der Waals surface area (Å²) in [4.78, 5) is 4.84. The summed E-state index contributed by atoms with van der Waals surface area (Å²) in [5, 5.41) is 5.33. The summed E-state index contributed by atoms with van der Waals surface area (Å²) in [5.74, 6) is 0.0419. The molecule has 11 aromatic carbocycles. The number of imidazole rings is 1. The molecule has 0 spiro atoms. The van der Waals surface area contributed by atoms with Gasteiger partial charge in [0.25, 0.3) is 6.33 Å². The normalized spacial score (nSPS) is 20.6. The number of pyridine rings is 1. The topological polar surface area (TPSA) is 35.9 Å². The third-order valence-corrected chi connectivity index (χ3v) is 20.4. The largest absolute Gasteiger partial charge is 0.510 e. The number of ether oxygens (including phenoxy) is 1. The molecule has 3 heterocycles. The van der Waals surface area contributed by atoms with Gasteiger partial charge >= 0.3 is 0 Å². The summed E-state index contributed by atoms with van der Waals surface area (Å²) < 4.78 is 301. The standard InChI is InChI=1S/C81H64N4OSi.Pt/c1-56-49-78(82-54-71(56)58-27-13-7-14-28-58)85-74-46-43-66(87(63-31-15-8-16-32-63,64-33-17-9-18-34-64)65-35-19-10-20-36-65)53-70(74)69-44-42-62(52-77(69)85)86-61-30-23-29-60(51-61)83-55-84(76-40-22-21-39-75(76)83)79-67(57-25-11-6-12-26-57)37-24-38-68(79)59-41-45-72-73(50-59)81(4,5)48-47-80(72,2)3;/h6-46,49-50,53-54H,47-48H2,1-5H3;/q-2;/i1D3,2D3,3D3,4D3,5D3,6D,7D,11D,12D,13D,14D,25D,26D,27D,28D,41D,45D,47D2,48D2,50D;. The van der Waals surface area contributed by atoms with Crippen LogP contribution in [0.25, 0.3) is 83.4 Å². The van der Waals surface area contributed by atoms with Crippen LogP contribution in [0.2, 0.25) is 0 Å². The first-order chi connectivity index (χ1) is 55.7. The van der Waals surface area contributed by atoms with Crippen molar-refractivity contribution in [2.75, 3.05) is 0 Å². The smallest absolute Gasteiger partial charge is 0.268 e. The summed E-state index contributed by atoms with van der Waals surface area (Å²) >= 11 is 0. The van der Waals surface area contributed by atoms with Crippen molar-refractivity contribution in [3.8, 4) is 62.1 Å². The van der Waals surface area contributed by atoms with Crippen LogP contribution in [0.15, 0.2) is 273 Å². The van der Waals surface area contributed by atoms with E-state index in [2.05, 4.69) is 60.9 Å². The average molecular weight is 1360 g/mol. The van der Waals surface area contributed by atoms with Gasteiger partial charge in [-0.15, -0.1) is 29.7 Å². The average Bonchev–Trinajstić information content (AvgIpc) is 1.20. The zero-order valence-electron chi connectivity index (χ0n) is 78.0. The molecule has 14 aromatic rings. The number of para-hydroxylation sites is 3. The Morgan fingerprint density at radius 1 is 0.545 bits per heavy atom. The maximum atomic E-state index is 10.3. The zero-order valence-corrected chi connectivity index (χ0v) is 49.3. The second-order valence-corrected chi connectivity index (χ2v) is 24.6. The monoisotopic (exact) mass is 1360 g/mol. The van der Waals surface area contributed by atoms with E-state index in [1.54, 1.807) is 47.0 Å². The van der Waals surface area contributed by atoms with Crippen molar-refractivity contribution < 1.29 is 74.2 Å². The van der Waals surface area contributed by atoms with Crippen LogP contribution in [0.5, 0.6) is 11.5 Å². The van der Waals surface area contributed by atoms with Gasteiger partial charge in [-0.3, -0.25) is 4.57 Å². The van der Waals surface area contributed by atoms with Crippen molar-refractivity contribution in [2.45, 2.75) is 57.8 Å². The Labute approximate surface area is 576 Å². The Morgan fingerprint density at radius 2 is 1.16 bits per heavy atom.